The van der Waals surface area contributed by atoms with E-state index < -0.39 is 0 Å². The first-order chi connectivity index (χ1) is 8.34. The van der Waals surface area contributed by atoms with Gasteiger partial charge in [-0.1, -0.05) is 17.7 Å². The van der Waals surface area contributed by atoms with Gasteiger partial charge in [-0.3, -0.25) is 9.30 Å². The van der Waals surface area contributed by atoms with Crippen molar-refractivity contribution in [2.75, 3.05) is 26.2 Å². The number of pyridine rings is 1. The van der Waals surface area contributed by atoms with E-state index in [4.69, 9.17) is 11.6 Å². The van der Waals surface area contributed by atoms with E-state index >= 15 is 0 Å². The Bertz CT molecular complexity index is 518. The topological polar surface area (TPSA) is 45.5 Å². The molecule has 17 heavy (non-hydrogen) atoms. The molecule has 1 aliphatic heterocycles. The smallest absolute Gasteiger partial charge is 0.161 e. The van der Waals surface area contributed by atoms with E-state index in [0.29, 0.717) is 5.15 Å². The molecular formula is C11H14ClN5. The van der Waals surface area contributed by atoms with Gasteiger partial charge in [0, 0.05) is 26.2 Å². The van der Waals surface area contributed by atoms with E-state index in [1.807, 2.05) is 22.6 Å². The first kappa shape index (κ1) is 11.0. The molecule has 0 radical (unpaired) electrons. The Labute approximate surface area is 104 Å². The van der Waals surface area contributed by atoms with Crippen molar-refractivity contribution >= 4 is 17.2 Å². The number of piperazine rings is 1. The van der Waals surface area contributed by atoms with Crippen molar-refractivity contribution < 1.29 is 0 Å². The predicted octanol–water partition coefficient (Wildman–Crippen LogP) is 0.788. The van der Waals surface area contributed by atoms with E-state index in [1.54, 1.807) is 0 Å². The van der Waals surface area contributed by atoms with Gasteiger partial charge in [0.1, 0.15) is 5.15 Å². The summed E-state index contributed by atoms with van der Waals surface area (Å²) < 4.78 is 1.91. The Morgan fingerprint density at radius 1 is 1.24 bits per heavy atom. The average molecular weight is 252 g/mol. The number of aromatic nitrogens is 3. The summed E-state index contributed by atoms with van der Waals surface area (Å²) >= 11 is 6.17. The molecule has 1 fully saturated rings. The minimum absolute atomic E-state index is 0.664. The van der Waals surface area contributed by atoms with Crippen LogP contribution in [0, 0.1) is 0 Å². The number of nitrogens with zero attached hydrogens (tertiary/aromatic N) is 4. The molecule has 3 rings (SSSR count). The molecule has 90 valence electrons. The highest BCUT2D eigenvalue weighted by Gasteiger charge is 2.14. The number of hydrogen-bond donors (Lipinski definition) is 1. The molecular weight excluding hydrogens is 238 g/mol. The number of fused-ring (bicyclic) bond motifs is 1. The maximum Gasteiger partial charge on any atom is 0.161 e. The van der Waals surface area contributed by atoms with Crippen molar-refractivity contribution in [1.29, 1.82) is 0 Å². The fourth-order valence-electron chi connectivity index (χ4n) is 2.13. The van der Waals surface area contributed by atoms with Crippen LogP contribution in [0.5, 0.6) is 0 Å². The van der Waals surface area contributed by atoms with Crippen LogP contribution in [0.1, 0.15) is 5.82 Å². The van der Waals surface area contributed by atoms with Crippen LogP contribution in [0.25, 0.3) is 5.65 Å². The second-order valence-corrected chi connectivity index (χ2v) is 4.57. The van der Waals surface area contributed by atoms with Gasteiger partial charge in [0.25, 0.3) is 0 Å². The van der Waals surface area contributed by atoms with Crippen LogP contribution in [0.4, 0.5) is 0 Å². The van der Waals surface area contributed by atoms with E-state index in [9.17, 15) is 0 Å². The van der Waals surface area contributed by atoms with Crippen LogP contribution in [0.3, 0.4) is 0 Å². The van der Waals surface area contributed by atoms with Crippen LogP contribution in [0.15, 0.2) is 18.2 Å². The van der Waals surface area contributed by atoms with Crippen LogP contribution < -0.4 is 5.32 Å². The summed E-state index contributed by atoms with van der Waals surface area (Å²) in [6.45, 7) is 4.94. The highest BCUT2D eigenvalue weighted by atomic mass is 35.5. The second kappa shape index (κ2) is 4.60. The molecule has 1 N–H and O–H groups in total. The van der Waals surface area contributed by atoms with E-state index in [1.165, 1.54) is 0 Å². The van der Waals surface area contributed by atoms with E-state index in [2.05, 4.69) is 20.4 Å². The Hall–Kier alpha value is -1.17. The molecule has 1 aliphatic rings. The van der Waals surface area contributed by atoms with Crippen molar-refractivity contribution in [3.8, 4) is 0 Å². The fraction of sp³-hybridized carbons (Fsp3) is 0.455. The van der Waals surface area contributed by atoms with Crippen LogP contribution >= 0.6 is 11.6 Å². The van der Waals surface area contributed by atoms with E-state index in [0.717, 1.165) is 44.2 Å². The maximum absolute atomic E-state index is 6.17. The highest BCUT2D eigenvalue weighted by Crippen LogP contribution is 2.14. The Balaban J connectivity index is 1.89. The van der Waals surface area contributed by atoms with Crippen molar-refractivity contribution in [2.24, 2.45) is 0 Å². The summed E-state index contributed by atoms with van der Waals surface area (Å²) in [4.78, 5) is 2.36. The van der Waals surface area contributed by atoms with Gasteiger partial charge < -0.3 is 5.32 Å². The van der Waals surface area contributed by atoms with Gasteiger partial charge in [-0.25, -0.2) is 0 Å². The van der Waals surface area contributed by atoms with Gasteiger partial charge in [-0.05, 0) is 12.1 Å². The Morgan fingerprint density at radius 3 is 2.88 bits per heavy atom. The molecule has 0 unspecified atom stereocenters. The lowest BCUT2D eigenvalue weighted by Crippen LogP contribution is -2.43. The summed E-state index contributed by atoms with van der Waals surface area (Å²) in [7, 11) is 0. The van der Waals surface area contributed by atoms with Gasteiger partial charge in [-0.15, -0.1) is 10.2 Å². The minimum Gasteiger partial charge on any atom is -0.314 e. The standard InChI is InChI=1S/C11H14ClN5/c12-9-2-1-3-10-14-15-11(17(9)10)8-16-6-4-13-5-7-16/h1-3,13H,4-8H2. The van der Waals surface area contributed by atoms with Gasteiger partial charge in [-0.2, -0.15) is 0 Å². The summed E-state index contributed by atoms with van der Waals surface area (Å²) in [5.41, 5.74) is 0.808. The van der Waals surface area contributed by atoms with Gasteiger partial charge in [0.05, 0.1) is 6.54 Å². The SMILES string of the molecule is Clc1cccc2nnc(CN3CCNCC3)n12. The Kier molecular flexibility index (Phi) is 2.96. The number of rotatable bonds is 2. The molecule has 2 aromatic heterocycles. The molecule has 0 aliphatic carbocycles. The fourth-order valence-corrected chi connectivity index (χ4v) is 2.39. The van der Waals surface area contributed by atoms with Gasteiger partial charge in [0.2, 0.25) is 0 Å². The quantitative estimate of drug-likeness (QED) is 0.802. The van der Waals surface area contributed by atoms with Crippen molar-refractivity contribution in [3.63, 3.8) is 0 Å². The number of nitrogens with one attached hydrogen (secondary N) is 1. The molecule has 2 aromatic rings. The third-order valence-electron chi connectivity index (χ3n) is 3.02. The van der Waals surface area contributed by atoms with Crippen molar-refractivity contribution in [2.45, 2.75) is 6.54 Å². The second-order valence-electron chi connectivity index (χ2n) is 4.18. The highest BCUT2D eigenvalue weighted by molar-refractivity contribution is 6.29. The lowest BCUT2D eigenvalue weighted by atomic mass is 10.3. The molecule has 1 saturated heterocycles. The maximum atomic E-state index is 6.17. The lowest BCUT2D eigenvalue weighted by molar-refractivity contribution is 0.227. The molecule has 0 aromatic carbocycles. The normalized spacial score (nSPS) is 17.7. The van der Waals surface area contributed by atoms with Crippen LogP contribution in [0.2, 0.25) is 5.15 Å². The lowest BCUT2D eigenvalue weighted by Gasteiger charge is -2.26. The van der Waals surface area contributed by atoms with Gasteiger partial charge >= 0.3 is 0 Å². The molecule has 0 bridgehead atoms. The van der Waals surface area contributed by atoms with Crippen molar-refractivity contribution in [3.05, 3.63) is 29.2 Å². The van der Waals surface area contributed by atoms with Crippen LogP contribution in [-0.4, -0.2) is 45.7 Å². The third-order valence-corrected chi connectivity index (χ3v) is 3.32. The number of hydrogen-bond acceptors (Lipinski definition) is 4. The van der Waals surface area contributed by atoms with Crippen molar-refractivity contribution in [1.82, 2.24) is 24.8 Å². The first-order valence-electron chi connectivity index (χ1n) is 5.76. The average Bonchev–Trinajstić information content (AvgIpc) is 2.75. The minimum atomic E-state index is 0.664. The molecule has 0 saturated carbocycles. The summed E-state index contributed by atoms with van der Waals surface area (Å²) in [5, 5.41) is 12.3. The molecule has 6 heteroatoms. The monoisotopic (exact) mass is 251 g/mol. The molecule has 3 heterocycles. The zero-order chi connectivity index (χ0) is 11.7. The summed E-state index contributed by atoms with van der Waals surface area (Å²) in [6.07, 6.45) is 0. The molecule has 5 nitrogen and oxygen atoms in total. The first-order valence-corrected chi connectivity index (χ1v) is 6.14. The van der Waals surface area contributed by atoms with E-state index in [-0.39, 0.29) is 0 Å². The zero-order valence-corrected chi connectivity index (χ0v) is 10.2. The zero-order valence-electron chi connectivity index (χ0n) is 9.43. The summed E-state index contributed by atoms with van der Waals surface area (Å²) in [6, 6.07) is 5.67. The molecule has 0 spiro atoms. The Morgan fingerprint density at radius 2 is 2.06 bits per heavy atom. The largest absolute Gasteiger partial charge is 0.314 e. The molecule has 0 atom stereocenters. The third kappa shape index (κ3) is 2.13. The van der Waals surface area contributed by atoms with Crippen LogP contribution in [-0.2, 0) is 6.54 Å². The van der Waals surface area contributed by atoms with Gasteiger partial charge in [0.15, 0.2) is 11.5 Å². The number of halogens is 1. The summed E-state index contributed by atoms with van der Waals surface area (Å²) in [5.74, 6) is 0.910. The predicted molar refractivity (Wildman–Crippen MR) is 66.1 cm³/mol. The molecule has 0 amide bonds.